The molecule has 1 heterocycles. The molecule has 1 aromatic heterocycles. The van der Waals surface area contributed by atoms with Crippen LogP contribution in [0.3, 0.4) is 0 Å². The van der Waals surface area contributed by atoms with Crippen LogP contribution in [-0.2, 0) is 9.53 Å². The number of para-hydroxylation sites is 1. The zero-order chi connectivity index (χ0) is 24.1. The number of carbonyl (C=O) groups is 1. The second-order valence-electron chi connectivity index (χ2n) is 7.88. The molecule has 34 heavy (non-hydrogen) atoms. The van der Waals surface area contributed by atoms with Crippen LogP contribution < -0.4 is 15.8 Å². The molecule has 0 aliphatic rings. The second kappa shape index (κ2) is 9.99. The Labute approximate surface area is 197 Å². The van der Waals surface area contributed by atoms with E-state index in [-0.39, 0.29) is 12.7 Å². The second-order valence-corrected chi connectivity index (χ2v) is 7.88. The van der Waals surface area contributed by atoms with Crippen LogP contribution in [0.5, 0.6) is 5.75 Å². The van der Waals surface area contributed by atoms with Gasteiger partial charge in [-0.15, -0.1) is 0 Å². The molecule has 0 atom stereocenters. The number of nitrogens with one attached hydrogen (secondary N) is 2. The van der Waals surface area contributed by atoms with Gasteiger partial charge < -0.3 is 25.9 Å². The van der Waals surface area contributed by atoms with Gasteiger partial charge in [0.25, 0.3) is 0 Å². The van der Waals surface area contributed by atoms with E-state index in [0.29, 0.717) is 28.6 Å². The molecule has 0 unspecified atom stereocenters. The number of esters is 1. The topological polar surface area (TPSA) is 123 Å². The Hall–Kier alpha value is -4.46. The van der Waals surface area contributed by atoms with Crippen molar-refractivity contribution in [2.24, 2.45) is 0 Å². The lowest BCUT2D eigenvalue weighted by atomic mass is 10.1. The highest BCUT2D eigenvalue weighted by Gasteiger charge is 2.12. The Bertz CT molecular complexity index is 1350. The molecule has 0 amide bonds. The summed E-state index contributed by atoms with van der Waals surface area (Å²) in [6.07, 6.45) is 1.02. The zero-order valence-electron chi connectivity index (χ0n) is 18.9. The van der Waals surface area contributed by atoms with Crippen LogP contribution in [0.2, 0.25) is 0 Å². The number of anilines is 3. The molecule has 0 aliphatic carbocycles. The predicted octanol–water partition coefficient (Wildman–Crippen LogP) is 4.95. The van der Waals surface area contributed by atoms with Gasteiger partial charge in [0, 0.05) is 34.1 Å². The number of benzene rings is 3. The molecule has 8 heteroatoms. The molecular weight excluding hydrogens is 430 g/mol. The zero-order valence-corrected chi connectivity index (χ0v) is 18.9. The molecule has 0 saturated carbocycles. The van der Waals surface area contributed by atoms with Gasteiger partial charge in [-0.1, -0.05) is 24.3 Å². The quantitative estimate of drug-likeness (QED) is 0.195. The summed E-state index contributed by atoms with van der Waals surface area (Å²) >= 11 is 0. The molecule has 0 spiro atoms. The maximum Gasteiger partial charge on any atom is 0.344 e. The maximum atomic E-state index is 11.8. The van der Waals surface area contributed by atoms with Gasteiger partial charge in [-0.3, -0.25) is 0 Å². The van der Waals surface area contributed by atoms with Gasteiger partial charge in [0.05, 0.1) is 11.6 Å². The van der Waals surface area contributed by atoms with Crippen molar-refractivity contribution in [1.29, 1.82) is 5.41 Å². The SMILES string of the molecule is CC(C)OC(=O)COc1cccc(-c2nc(Nc3ccc(N)c(C=N)c3)c3ccccc3n2)c1. The van der Waals surface area contributed by atoms with Gasteiger partial charge in [-0.05, 0) is 56.3 Å². The lowest BCUT2D eigenvalue weighted by Crippen LogP contribution is -2.18. The largest absolute Gasteiger partial charge is 0.482 e. The van der Waals surface area contributed by atoms with E-state index in [0.717, 1.165) is 22.2 Å². The van der Waals surface area contributed by atoms with Crippen molar-refractivity contribution in [2.45, 2.75) is 20.0 Å². The van der Waals surface area contributed by atoms with Crippen LogP contribution in [0.15, 0.2) is 66.7 Å². The summed E-state index contributed by atoms with van der Waals surface area (Å²) in [5, 5.41) is 11.7. The molecule has 4 N–H and O–H groups in total. The van der Waals surface area contributed by atoms with Gasteiger partial charge >= 0.3 is 5.97 Å². The number of ether oxygens (including phenoxy) is 2. The fourth-order valence-electron chi connectivity index (χ4n) is 3.38. The fourth-order valence-corrected chi connectivity index (χ4v) is 3.38. The predicted molar refractivity (Wildman–Crippen MR) is 134 cm³/mol. The normalized spacial score (nSPS) is 10.8. The fraction of sp³-hybridized carbons (Fsp3) is 0.154. The minimum absolute atomic E-state index is 0.181. The van der Waals surface area contributed by atoms with Crippen molar-refractivity contribution in [3.63, 3.8) is 0 Å². The summed E-state index contributed by atoms with van der Waals surface area (Å²) in [6, 6.07) is 20.3. The van der Waals surface area contributed by atoms with Crippen molar-refractivity contribution in [1.82, 2.24) is 9.97 Å². The summed E-state index contributed by atoms with van der Waals surface area (Å²) < 4.78 is 10.7. The van der Waals surface area contributed by atoms with E-state index in [1.165, 1.54) is 6.21 Å². The number of carbonyl (C=O) groups excluding carboxylic acids is 1. The Morgan fingerprint density at radius 2 is 1.91 bits per heavy atom. The Morgan fingerprint density at radius 1 is 1.09 bits per heavy atom. The number of hydrogen-bond donors (Lipinski definition) is 3. The van der Waals surface area contributed by atoms with E-state index in [1.807, 2.05) is 42.5 Å². The lowest BCUT2D eigenvalue weighted by molar-refractivity contribution is -0.149. The van der Waals surface area contributed by atoms with Crippen LogP contribution >= 0.6 is 0 Å². The van der Waals surface area contributed by atoms with Crippen LogP contribution in [0.1, 0.15) is 19.4 Å². The highest BCUT2D eigenvalue weighted by molar-refractivity contribution is 5.93. The molecule has 0 fully saturated rings. The smallest absolute Gasteiger partial charge is 0.344 e. The molecule has 0 saturated heterocycles. The highest BCUT2D eigenvalue weighted by atomic mass is 16.6. The van der Waals surface area contributed by atoms with E-state index < -0.39 is 5.97 Å². The van der Waals surface area contributed by atoms with E-state index in [1.54, 1.807) is 38.1 Å². The van der Waals surface area contributed by atoms with E-state index >= 15 is 0 Å². The molecule has 0 radical (unpaired) electrons. The molecule has 8 nitrogen and oxygen atoms in total. The van der Waals surface area contributed by atoms with Crippen molar-refractivity contribution in [2.75, 3.05) is 17.7 Å². The number of nitrogens with zero attached hydrogens (tertiary/aromatic N) is 2. The number of nitrogen functional groups attached to an aromatic ring is 1. The Morgan fingerprint density at radius 3 is 2.71 bits per heavy atom. The third-order valence-corrected chi connectivity index (χ3v) is 4.92. The van der Waals surface area contributed by atoms with Gasteiger partial charge in [-0.25, -0.2) is 14.8 Å². The van der Waals surface area contributed by atoms with Crippen molar-refractivity contribution < 1.29 is 14.3 Å². The first kappa shape index (κ1) is 22.7. The van der Waals surface area contributed by atoms with Gasteiger partial charge in [0.1, 0.15) is 11.6 Å². The van der Waals surface area contributed by atoms with Crippen LogP contribution in [0, 0.1) is 5.41 Å². The molecule has 0 bridgehead atoms. The van der Waals surface area contributed by atoms with Crippen LogP contribution in [0.4, 0.5) is 17.2 Å². The van der Waals surface area contributed by atoms with E-state index in [9.17, 15) is 4.79 Å². The van der Waals surface area contributed by atoms with Gasteiger partial charge in [-0.2, -0.15) is 0 Å². The number of rotatable bonds is 8. The minimum atomic E-state index is -0.429. The van der Waals surface area contributed by atoms with Gasteiger partial charge in [0.2, 0.25) is 0 Å². The summed E-state index contributed by atoms with van der Waals surface area (Å²) in [5.74, 6) is 1.20. The summed E-state index contributed by atoms with van der Waals surface area (Å²) in [7, 11) is 0. The average Bonchev–Trinajstić information content (AvgIpc) is 2.83. The third kappa shape index (κ3) is 5.29. The van der Waals surface area contributed by atoms with Crippen molar-refractivity contribution in [3.8, 4) is 17.1 Å². The minimum Gasteiger partial charge on any atom is -0.482 e. The summed E-state index contributed by atoms with van der Waals surface area (Å²) in [5.41, 5.74) is 9.32. The Balaban J connectivity index is 1.66. The summed E-state index contributed by atoms with van der Waals surface area (Å²) in [4.78, 5) is 21.3. The Kier molecular flexibility index (Phi) is 6.68. The first-order valence-corrected chi connectivity index (χ1v) is 10.8. The highest BCUT2D eigenvalue weighted by Crippen LogP contribution is 2.29. The monoisotopic (exact) mass is 455 g/mol. The number of fused-ring (bicyclic) bond motifs is 1. The first-order chi connectivity index (χ1) is 16.4. The standard InChI is InChI=1S/C26H25N5O3/c1-16(2)34-24(32)15-33-20-7-5-6-17(13-20)25-30-23-9-4-3-8-21(23)26(31-25)29-19-10-11-22(28)18(12-19)14-27/h3-14,16,27H,15,28H2,1-2H3,(H,29,30,31). The van der Waals surface area contributed by atoms with Gasteiger partial charge in [0.15, 0.2) is 12.4 Å². The van der Waals surface area contributed by atoms with Crippen LogP contribution in [0.25, 0.3) is 22.3 Å². The molecular formula is C26H25N5O3. The molecule has 172 valence electrons. The number of hydrogen-bond acceptors (Lipinski definition) is 8. The third-order valence-electron chi connectivity index (χ3n) is 4.92. The number of aromatic nitrogens is 2. The molecule has 4 aromatic rings. The van der Waals surface area contributed by atoms with Crippen molar-refractivity contribution >= 4 is 40.3 Å². The lowest BCUT2D eigenvalue weighted by Gasteiger charge is -2.13. The molecule has 0 aliphatic heterocycles. The average molecular weight is 456 g/mol. The van der Waals surface area contributed by atoms with Crippen LogP contribution in [-0.4, -0.2) is 34.9 Å². The van der Waals surface area contributed by atoms with Crippen molar-refractivity contribution in [3.05, 3.63) is 72.3 Å². The molecule has 4 rings (SSSR count). The maximum absolute atomic E-state index is 11.8. The van der Waals surface area contributed by atoms with E-state index in [2.05, 4.69) is 5.32 Å². The number of nitrogens with two attached hydrogens (primary N) is 1. The summed E-state index contributed by atoms with van der Waals surface area (Å²) in [6.45, 7) is 3.40. The van der Waals surface area contributed by atoms with E-state index in [4.69, 9.17) is 30.6 Å². The first-order valence-electron chi connectivity index (χ1n) is 10.8. The molecule has 3 aromatic carbocycles.